The van der Waals surface area contributed by atoms with Gasteiger partial charge in [0.2, 0.25) is 0 Å². The molecule has 2 N–H and O–H groups in total. The van der Waals surface area contributed by atoms with Crippen LogP contribution in [0.25, 0.3) is 15.2 Å². The number of methoxy groups -OCH3 is 1. The molecule has 0 aliphatic carbocycles. The molecule has 202 valence electrons. The molecular formula is C25H29FN6O5S. The highest BCUT2D eigenvalue weighted by Crippen LogP contribution is 2.34. The maximum atomic E-state index is 14.3. The van der Waals surface area contributed by atoms with Crippen molar-refractivity contribution in [3.8, 4) is 10.8 Å². The van der Waals surface area contributed by atoms with Gasteiger partial charge in [0, 0.05) is 17.7 Å². The Hall–Kier alpha value is -3.39. The quantitative estimate of drug-likeness (QED) is 0.328. The first-order chi connectivity index (χ1) is 18.4. The predicted octanol–water partition coefficient (Wildman–Crippen LogP) is 1.94. The number of hydrogen-bond donors (Lipinski definition) is 2. The molecular weight excluding hydrogens is 515 g/mol. The van der Waals surface area contributed by atoms with Gasteiger partial charge < -0.3 is 19.9 Å². The van der Waals surface area contributed by atoms with Gasteiger partial charge in [0.15, 0.2) is 0 Å². The van der Waals surface area contributed by atoms with Crippen molar-refractivity contribution in [1.82, 2.24) is 29.4 Å². The molecule has 2 atom stereocenters. The largest absolute Gasteiger partial charge is 0.496 e. The van der Waals surface area contributed by atoms with Crippen molar-refractivity contribution in [3.05, 3.63) is 68.4 Å². The summed E-state index contributed by atoms with van der Waals surface area (Å²) in [4.78, 5) is 29.7. The van der Waals surface area contributed by atoms with E-state index < -0.39 is 17.6 Å². The molecule has 0 saturated carbocycles. The molecule has 1 aliphatic rings. The average molecular weight is 545 g/mol. The topological polar surface area (TPSA) is 125 Å². The average Bonchev–Trinajstić information content (AvgIpc) is 3.57. The highest BCUT2D eigenvalue weighted by Gasteiger charge is 2.28. The maximum absolute atomic E-state index is 14.3. The van der Waals surface area contributed by atoms with Crippen LogP contribution in [0.15, 0.2) is 40.2 Å². The van der Waals surface area contributed by atoms with E-state index in [2.05, 4.69) is 15.5 Å². The number of benzene rings is 1. The molecule has 4 heterocycles. The minimum atomic E-state index is -0.849. The Bertz CT molecular complexity index is 1540. The van der Waals surface area contributed by atoms with Gasteiger partial charge in [-0.2, -0.15) is 10.2 Å². The molecule has 0 radical (unpaired) electrons. The van der Waals surface area contributed by atoms with Gasteiger partial charge in [0.05, 0.1) is 50.7 Å². The van der Waals surface area contributed by atoms with Crippen molar-refractivity contribution in [2.24, 2.45) is 0 Å². The van der Waals surface area contributed by atoms with Gasteiger partial charge in [-0.3, -0.25) is 13.9 Å². The Morgan fingerprint density at radius 1 is 1.29 bits per heavy atom. The van der Waals surface area contributed by atoms with Crippen molar-refractivity contribution in [2.45, 2.75) is 38.5 Å². The van der Waals surface area contributed by atoms with E-state index >= 15 is 0 Å². The fourth-order valence-electron chi connectivity index (χ4n) is 4.96. The molecule has 4 aromatic rings. The van der Waals surface area contributed by atoms with Gasteiger partial charge in [-0.1, -0.05) is 11.3 Å². The highest BCUT2D eigenvalue weighted by molar-refractivity contribution is 7.21. The van der Waals surface area contributed by atoms with Gasteiger partial charge in [-0.25, -0.2) is 9.18 Å². The number of fused-ring (bicyclic) bond motifs is 1. The summed E-state index contributed by atoms with van der Waals surface area (Å²) in [6.07, 6.45) is 3.75. The number of nitrogens with one attached hydrogen (secondary N) is 1. The lowest BCUT2D eigenvalue weighted by molar-refractivity contribution is 0.0164. The molecule has 11 nitrogen and oxygen atoms in total. The van der Waals surface area contributed by atoms with Crippen molar-refractivity contribution < 1.29 is 19.0 Å². The lowest BCUT2D eigenvalue weighted by atomic mass is 10.1. The summed E-state index contributed by atoms with van der Waals surface area (Å²) in [5, 5.41) is 22.2. The van der Waals surface area contributed by atoms with Crippen LogP contribution in [0.1, 0.15) is 36.1 Å². The minimum Gasteiger partial charge on any atom is -0.496 e. The van der Waals surface area contributed by atoms with E-state index in [1.54, 1.807) is 0 Å². The Kier molecular flexibility index (Phi) is 7.70. The molecule has 1 saturated heterocycles. The van der Waals surface area contributed by atoms with E-state index in [4.69, 9.17) is 9.47 Å². The van der Waals surface area contributed by atoms with Crippen molar-refractivity contribution >= 4 is 21.6 Å². The van der Waals surface area contributed by atoms with Gasteiger partial charge >= 0.3 is 5.69 Å². The summed E-state index contributed by atoms with van der Waals surface area (Å²) in [7, 11) is 1.46. The van der Waals surface area contributed by atoms with Crippen LogP contribution in [0.3, 0.4) is 0 Å². The minimum absolute atomic E-state index is 0.0402. The second-order valence-electron chi connectivity index (χ2n) is 9.07. The van der Waals surface area contributed by atoms with Gasteiger partial charge in [0.25, 0.3) is 5.56 Å². The molecule has 0 bridgehead atoms. The summed E-state index contributed by atoms with van der Waals surface area (Å²) in [6.45, 7) is 2.79. The van der Waals surface area contributed by atoms with Crippen molar-refractivity contribution in [3.63, 3.8) is 0 Å². The number of aliphatic hydroxyl groups is 1. The zero-order valence-corrected chi connectivity index (χ0v) is 21.9. The van der Waals surface area contributed by atoms with Gasteiger partial charge in [-0.05, 0) is 44.5 Å². The third kappa shape index (κ3) is 4.77. The lowest BCUT2D eigenvalue weighted by Crippen LogP contribution is -2.46. The summed E-state index contributed by atoms with van der Waals surface area (Å²) in [5.41, 5.74) is 0.206. The summed E-state index contributed by atoms with van der Waals surface area (Å²) < 4.78 is 28.5. The third-order valence-electron chi connectivity index (χ3n) is 6.75. The number of aliphatic hydroxyl groups excluding tert-OH is 1. The highest BCUT2D eigenvalue weighted by atomic mass is 32.1. The SMILES string of the molecule is COc1ccc(F)cc1[C@H](Cn1c(=O)n([C@@H]2CCCNC2)c(=O)c2c(C)c(-n3nccn3)sc21)OCCO. The number of nitrogens with zero attached hydrogens (tertiary/aromatic N) is 5. The fourth-order valence-corrected chi connectivity index (χ4v) is 6.18. The van der Waals surface area contributed by atoms with Crippen LogP contribution in [0.5, 0.6) is 5.75 Å². The Labute approximate surface area is 221 Å². The molecule has 1 fully saturated rings. The van der Waals surface area contributed by atoms with E-state index in [1.807, 2.05) is 6.92 Å². The molecule has 5 rings (SSSR count). The molecule has 0 unspecified atom stereocenters. The van der Waals surface area contributed by atoms with Crippen LogP contribution in [-0.4, -0.2) is 62.6 Å². The van der Waals surface area contributed by atoms with E-state index in [9.17, 15) is 19.1 Å². The van der Waals surface area contributed by atoms with Crippen LogP contribution >= 0.6 is 11.3 Å². The van der Waals surface area contributed by atoms with Crippen LogP contribution in [0.2, 0.25) is 0 Å². The van der Waals surface area contributed by atoms with E-state index in [0.717, 1.165) is 13.0 Å². The molecule has 1 aromatic carbocycles. The second kappa shape index (κ2) is 11.2. The molecule has 38 heavy (non-hydrogen) atoms. The zero-order chi connectivity index (χ0) is 26.8. The van der Waals surface area contributed by atoms with Gasteiger partial charge in [0.1, 0.15) is 27.5 Å². The first-order valence-corrected chi connectivity index (χ1v) is 13.2. The number of ether oxygens (including phenoxy) is 2. The van der Waals surface area contributed by atoms with E-state index in [0.29, 0.717) is 45.1 Å². The number of aromatic nitrogens is 5. The molecule has 0 spiro atoms. The van der Waals surface area contributed by atoms with Crippen molar-refractivity contribution in [2.75, 3.05) is 33.4 Å². The Balaban J connectivity index is 1.74. The van der Waals surface area contributed by atoms with E-state index in [-0.39, 0.29) is 31.4 Å². The molecule has 0 amide bonds. The summed E-state index contributed by atoms with van der Waals surface area (Å²) in [6, 6.07) is 3.75. The maximum Gasteiger partial charge on any atom is 0.332 e. The Morgan fingerprint density at radius 3 is 2.76 bits per heavy atom. The molecule has 1 aliphatic heterocycles. The monoisotopic (exact) mass is 544 g/mol. The van der Waals surface area contributed by atoms with Crippen LogP contribution in [0.4, 0.5) is 4.39 Å². The van der Waals surface area contributed by atoms with Crippen LogP contribution in [-0.2, 0) is 11.3 Å². The number of aryl methyl sites for hydroxylation is 1. The normalized spacial score (nSPS) is 16.7. The summed E-state index contributed by atoms with van der Waals surface area (Å²) >= 11 is 1.23. The number of thiophene rings is 1. The Morgan fingerprint density at radius 2 is 2.08 bits per heavy atom. The number of hydrogen-bond acceptors (Lipinski definition) is 9. The molecule has 3 aromatic heterocycles. The zero-order valence-electron chi connectivity index (χ0n) is 21.1. The number of halogens is 1. The number of piperidine rings is 1. The molecule has 13 heteroatoms. The fraction of sp³-hybridized carbons (Fsp3) is 0.440. The van der Waals surface area contributed by atoms with Crippen molar-refractivity contribution in [1.29, 1.82) is 0 Å². The smallest absolute Gasteiger partial charge is 0.332 e. The van der Waals surface area contributed by atoms with Gasteiger partial charge in [-0.15, -0.1) is 4.80 Å². The first-order valence-electron chi connectivity index (χ1n) is 12.4. The van der Waals surface area contributed by atoms with E-state index in [1.165, 1.54) is 63.0 Å². The standard InChI is InChI=1S/C25H29FN6O5S/c1-15-21-22(34)31(17-4-3-7-27-13-17)25(35)30(24(21)38-23(15)32-28-8-9-29-32)14-20(37-11-10-33)18-12-16(26)5-6-19(18)36-2/h5-6,8-9,12,17,20,27,33H,3-4,7,10-11,13-14H2,1-2H3/t17-,20+/m1/s1. The number of rotatable bonds is 9. The lowest BCUT2D eigenvalue weighted by Gasteiger charge is -2.26. The van der Waals surface area contributed by atoms with Crippen LogP contribution in [0, 0.1) is 12.7 Å². The first kappa shape index (κ1) is 26.2. The van der Waals surface area contributed by atoms with Crippen LogP contribution < -0.4 is 21.3 Å². The third-order valence-corrected chi connectivity index (χ3v) is 8.03. The second-order valence-corrected chi connectivity index (χ2v) is 10.0. The predicted molar refractivity (Wildman–Crippen MR) is 140 cm³/mol. The summed E-state index contributed by atoms with van der Waals surface area (Å²) in [5.74, 6) is -0.111.